The summed E-state index contributed by atoms with van der Waals surface area (Å²) < 4.78 is 5.72. The SMILES string of the molecule is Cc1ccc(C2CCCCN2C(=O)NCc2ccc(C(=O)O)cc2)o1. The molecule has 0 aliphatic carbocycles. The fourth-order valence-corrected chi connectivity index (χ4v) is 3.15. The van der Waals surface area contributed by atoms with Crippen LogP contribution in [0.4, 0.5) is 4.79 Å². The summed E-state index contributed by atoms with van der Waals surface area (Å²) in [7, 11) is 0. The van der Waals surface area contributed by atoms with Gasteiger partial charge in [0.15, 0.2) is 0 Å². The first-order valence-corrected chi connectivity index (χ1v) is 8.47. The van der Waals surface area contributed by atoms with E-state index in [0.29, 0.717) is 13.1 Å². The summed E-state index contributed by atoms with van der Waals surface area (Å²) in [5.41, 5.74) is 1.10. The molecule has 1 aliphatic rings. The Morgan fingerprint density at radius 2 is 1.96 bits per heavy atom. The lowest BCUT2D eigenvalue weighted by Gasteiger charge is -2.34. The van der Waals surface area contributed by atoms with Crippen molar-refractivity contribution in [2.24, 2.45) is 0 Å². The van der Waals surface area contributed by atoms with Crippen LogP contribution in [-0.2, 0) is 6.54 Å². The van der Waals surface area contributed by atoms with Crippen LogP contribution in [0.5, 0.6) is 0 Å². The molecule has 1 aliphatic heterocycles. The van der Waals surface area contributed by atoms with Gasteiger partial charge in [0.2, 0.25) is 0 Å². The predicted octanol–water partition coefficient (Wildman–Crippen LogP) is 3.72. The predicted molar refractivity (Wildman–Crippen MR) is 92.4 cm³/mol. The molecule has 132 valence electrons. The summed E-state index contributed by atoms with van der Waals surface area (Å²) in [6.45, 7) is 2.96. The Balaban J connectivity index is 1.63. The van der Waals surface area contributed by atoms with Crippen LogP contribution in [0.1, 0.15) is 52.7 Å². The largest absolute Gasteiger partial charge is 0.478 e. The highest BCUT2D eigenvalue weighted by Gasteiger charge is 2.29. The van der Waals surface area contributed by atoms with Gasteiger partial charge in [0.05, 0.1) is 11.6 Å². The summed E-state index contributed by atoms with van der Waals surface area (Å²) in [6.07, 6.45) is 2.95. The minimum absolute atomic E-state index is 0.0307. The summed E-state index contributed by atoms with van der Waals surface area (Å²) in [5.74, 6) is 0.720. The number of benzene rings is 1. The molecule has 6 heteroatoms. The number of carbonyl (C=O) groups is 2. The number of rotatable bonds is 4. The molecule has 0 bridgehead atoms. The van der Waals surface area contributed by atoms with Crippen LogP contribution in [0.3, 0.4) is 0 Å². The molecule has 25 heavy (non-hydrogen) atoms. The number of aryl methyl sites for hydroxylation is 1. The van der Waals surface area contributed by atoms with Crippen molar-refractivity contribution in [1.29, 1.82) is 0 Å². The first kappa shape index (κ1) is 17.1. The highest BCUT2D eigenvalue weighted by atomic mass is 16.4. The topological polar surface area (TPSA) is 82.8 Å². The van der Waals surface area contributed by atoms with E-state index >= 15 is 0 Å². The van der Waals surface area contributed by atoms with E-state index in [1.165, 1.54) is 0 Å². The first-order chi connectivity index (χ1) is 12.0. The molecule has 1 aromatic carbocycles. The zero-order valence-electron chi connectivity index (χ0n) is 14.2. The molecular formula is C19H22N2O4. The van der Waals surface area contributed by atoms with E-state index in [4.69, 9.17) is 9.52 Å². The van der Waals surface area contributed by atoms with Crippen LogP contribution in [0, 0.1) is 6.92 Å². The smallest absolute Gasteiger partial charge is 0.335 e. The van der Waals surface area contributed by atoms with Crippen LogP contribution in [0.15, 0.2) is 40.8 Å². The third-order valence-electron chi connectivity index (χ3n) is 4.50. The number of carbonyl (C=O) groups excluding carboxylic acids is 1. The molecule has 2 N–H and O–H groups in total. The van der Waals surface area contributed by atoms with Gasteiger partial charge in [-0.3, -0.25) is 0 Å². The van der Waals surface area contributed by atoms with Crippen LogP contribution >= 0.6 is 0 Å². The maximum atomic E-state index is 12.6. The lowest BCUT2D eigenvalue weighted by molar-refractivity contribution is 0.0697. The van der Waals surface area contributed by atoms with Gasteiger partial charge in [0.1, 0.15) is 11.5 Å². The number of hydrogen-bond acceptors (Lipinski definition) is 3. The number of nitrogens with zero attached hydrogens (tertiary/aromatic N) is 1. The second-order valence-electron chi connectivity index (χ2n) is 6.31. The number of likely N-dealkylation sites (tertiary alicyclic amines) is 1. The van der Waals surface area contributed by atoms with Crippen molar-refractivity contribution in [2.75, 3.05) is 6.54 Å². The highest BCUT2D eigenvalue weighted by Crippen LogP contribution is 2.31. The highest BCUT2D eigenvalue weighted by molar-refractivity contribution is 5.87. The molecule has 1 atom stereocenters. The third-order valence-corrected chi connectivity index (χ3v) is 4.50. The Kier molecular flexibility index (Phi) is 5.07. The maximum absolute atomic E-state index is 12.6. The van der Waals surface area contributed by atoms with E-state index in [1.54, 1.807) is 24.3 Å². The Morgan fingerprint density at radius 3 is 2.60 bits per heavy atom. The molecule has 3 rings (SSSR count). The van der Waals surface area contributed by atoms with Crippen molar-refractivity contribution < 1.29 is 19.1 Å². The van der Waals surface area contributed by atoms with E-state index in [9.17, 15) is 9.59 Å². The van der Waals surface area contributed by atoms with Crippen LogP contribution in [-0.4, -0.2) is 28.6 Å². The van der Waals surface area contributed by atoms with Crippen molar-refractivity contribution in [2.45, 2.75) is 38.8 Å². The van der Waals surface area contributed by atoms with Crippen LogP contribution < -0.4 is 5.32 Å². The average Bonchev–Trinajstić information content (AvgIpc) is 3.06. The molecule has 0 radical (unpaired) electrons. The molecule has 2 heterocycles. The van der Waals surface area contributed by atoms with Gasteiger partial charge < -0.3 is 19.7 Å². The minimum Gasteiger partial charge on any atom is -0.478 e. The number of carboxylic acids is 1. The number of aromatic carboxylic acids is 1. The summed E-state index contributed by atoms with van der Waals surface area (Å²) >= 11 is 0. The fraction of sp³-hybridized carbons (Fsp3) is 0.368. The molecule has 6 nitrogen and oxygen atoms in total. The van der Waals surface area contributed by atoms with Gasteiger partial charge in [-0.1, -0.05) is 12.1 Å². The summed E-state index contributed by atoms with van der Waals surface area (Å²) in [4.78, 5) is 25.3. The summed E-state index contributed by atoms with van der Waals surface area (Å²) in [5, 5.41) is 11.8. The van der Waals surface area contributed by atoms with Gasteiger partial charge in [0, 0.05) is 13.1 Å². The second kappa shape index (κ2) is 7.42. The number of hydrogen-bond donors (Lipinski definition) is 2. The fourth-order valence-electron chi connectivity index (χ4n) is 3.15. The molecule has 2 aromatic rings. The van der Waals surface area contributed by atoms with Gasteiger partial charge >= 0.3 is 12.0 Å². The first-order valence-electron chi connectivity index (χ1n) is 8.47. The van der Waals surface area contributed by atoms with Crippen molar-refractivity contribution in [3.05, 3.63) is 59.0 Å². The average molecular weight is 342 g/mol. The molecule has 2 amide bonds. The molecule has 0 saturated carbocycles. The number of urea groups is 1. The molecular weight excluding hydrogens is 320 g/mol. The molecule has 1 unspecified atom stereocenters. The Bertz CT molecular complexity index is 751. The van der Waals surface area contributed by atoms with Crippen molar-refractivity contribution >= 4 is 12.0 Å². The zero-order chi connectivity index (χ0) is 17.8. The van der Waals surface area contributed by atoms with Gasteiger partial charge in [0.25, 0.3) is 0 Å². The van der Waals surface area contributed by atoms with E-state index in [-0.39, 0.29) is 17.6 Å². The van der Waals surface area contributed by atoms with Crippen LogP contribution in [0.25, 0.3) is 0 Å². The Labute approximate surface area is 146 Å². The van der Waals surface area contributed by atoms with Gasteiger partial charge in [-0.05, 0) is 56.0 Å². The molecule has 1 aromatic heterocycles. The molecule has 0 spiro atoms. The summed E-state index contributed by atoms with van der Waals surface area (Å²) in [6, 6.07) is 10.2. The number of amides is 2. The van der Waals surface area contributed by atoms with Gasteiger partial charge in [-0.15, -0.1) is 0 Å². The van der Waals surface area contributed by atoms with E-state index in [0.717, 1.165) is 36.3 Å². The monoisotopic (exact) mass is 342 g/mol. The molecule has 1 fully saturated rings. The van der Waals surface area contributed by atoms with Gasteiger partial charge in [-0.25, -0.2) is 9.59 Å². The lowest BCUT2D eigenvalue weighted by Crippen LogP contribution is -2.44. The van der Waals surface area contributed by atoms with E-state index in [1.807, 2.05) is 24.0 Å². The second-order valence-corrected chi connectivity index (χ2v) is 6.31. The minimum atomic E-state index is -0.958. The van der Waals surface area contributed by atoms with Crippen molar-refractivity contribution in [3.8, 4) is 0 Å². The Hall–Kier alpha value is -2.76. The van der Waals surface area contributed by atoms with Crippen molar-refractivity contribution in [1.82, 2.24) is 10.2 Å². The normalized spacial score (nSPS) is 17.3. The van der Waals surface area contributed by atoms with Crippen molar-refractivity contribution in [3.63, 3.8) is 0 Å². The number of carboxylic acid groups (broad SMARTS) is 1. The van der Waals surface area contributed by atoms with E-state index < -0.39 is 5.97 Å². The number of nitrogens with one attached hydrogen (secondary N) is 1. The maximum Gasteiger partial charge on any atom is 0.335 e. The number of piperidine rings is 1. The number of furan rings is 1. The Morgan fingerprint density at radius 1 is 1.20 bits per heavy atom. The lowest BCUT2D eigenvalue weighted by atomic mass is 10.0. The van der Waals surface area contributed by atoms with E-state index in [2.05, 4.69) is 5.32 Å². The third kappa shape index (κ3) is 4.02. The molecule has 1 saturated heterocycles. The van der Waals surface area contributed by atoms with Gasteiger partial charge in [-0.2, -0.15) is 0 Å². The quantitative estimate of drug-likeness (QED) is 0.887. The standard InChI is InChI=1S/C19H22N2O4/c1-13-5-10-17(25-13)16-4-2-3-11-21(16)19(24)20-12-14-6-8-15(9-7-14)18(22)23/h5-10,16H,2-4,11-12H2,1H3,(H,20,24)(H,22,23). The van der Waals surface area contributed by atoms with Crippen LogP contribution in [0.2, 0.25) is 0 Å². The zero-order valence-corrected chi connectivity index (χ0v) is 14.2.